The van der Waals surface area contributed by atoms with Gasteiger partial charge in [0.05, 0.1) is 0 Å². The fraction of sp³-hybridized carbons (Fsp3) is 0.500. The fourth-order valence-corrected chi connectivity index (χ4v) is 4.88. The van der Waals surface area contributed by atoms with Gasteiger partial charge < -0.3 is 20.3 Å². The molecule has 0 bridgehead atoms. The molecule has 2 N–H and O–H groups in total. The second-order valence-electron chi connectivity index (χ2n) is 10.9. The highest BCUT2D eigenvalue weighted by molar-refractivity contribution is 7.98. The van der Waals surface area contributed by atoms with E-state index in [0.717, 1.165) is 36.0 Å². The number of carbonyl (C=O) groups is 3. The number of rotatable bonds is 10. The smallest absolute Gasteiger partial charge is 0.408 e. The largest absolute Gasteiger partial charge is 0.444 e. The van der Waals surface area contributed by atoms with E-state index in [4.69, 9.17) is 4.74 Å². The van der Waals surface area contributed by atoms with Gasteiger partial charge in [0.25, 0.3) is 5.91 Å². The van der Waals surface area contributed by atoms with Crippen LogP contribution in [-0.4, -0.2) is 52.5 Å². The van der Waals surface area contributed by atoms with Crippen molar-refractivity contribution in [3.63, 3.8) is 0 Å². The van der Waals surface area contributed by atoms with Gasteiger partial charge in [0.1, 0.15) is 17.7 Å². The Morgan fingerprint density at radius 3 is 2.26 bits per heavy atom. The van der Waals surface area contributed by atoms with Gasteiger partial charge in [-0.1, -0.05) is 48.0 Å². The minimum atomic E-state index is -0.842. The summed E-state index contributed by atoms with van der Waals surface area (Å²) in [4.78, 5) is 42.6. The molecule has 0 aliphatic heterocycles. The maximum absolute atomic E-state index is 14.3. The van der Waals surface area contributed by atoms with Crippen LogP contribution in [0.1, 0.15) is 69.2 Å². The average Bonchev–Trinajstić information content (AvgIpc) is 2.81. The summed E-state index contributed by atoms with van der Waals surface area (Å²) in [6.07, 6.45) is 4.37. The lowest BCUT2D eigenvalue weighted by Gasteiger charge is -2.43. The number of anilines is 1. The number of hydrogen-bond donors (Lipinski definition) is 2. The molecule has 0 heterocycles. The number of carbonyl (C=O) groups excluding carboxylic acids is 3. The van der Waals surface area contributed by atoms with E-state index in [9.17, 15) is 14.4 Å². The minimum absolute atomic E-state index is 0.0892. The van der Waals surface area contributed by atoms with Crippen molar-refractivity contribution in [3.8, 4) is 0 Å². The quantitative estimate of drug-likeness (QED) is 0.386. The lowest BCUT2D eigenvalue weighted by Crippen LogP contribution is -2.57. The summed E-state index contributed by atoms with van der Waals surface area (Å²) < 4.78 is 5.47. The van der Waals surface area contributed by atoms with Gasteiger partial charge in [-0.25, -0.2) is 4.79 Å². The van der Waals surface area contributed by atoms with Crippen LogP contribution in [-0.2, 0) is 14.3 Å². The van der Waals surface area contributed by atoms with E-state index in [-0.39, 0.29) is 17.9 Å². The number of ether oxygens (including phenoxy) is 1. The molecule has 0 aromatic heterocycles. The van der Waals surface area contributed by atoms with E-state index < -0.39 is 23.8 Å². The van der Waals surface area contributed by atoms with Crippen LogP contribution in [0.2, 0.25) is 0 Å². The molecule has 1 saturated carbocycles. The third kappa shape index (κ3) is 8.00. The number of hydrogen-bond acceptors (Lipinski definition) is 5. The van der Waals surface area contributed by atoms with E-state index in [0.29, 0.717) is 17.9 Å². The van der Waals surface area contributed by atoms with Crippen LogP contribution in [0.15, 0.2) is 48.5 Å². The maximum Gasteiger partial charge on any atom is 0.408 e. The second kappa shape index (κ2) is 13.2. The molecule has 206 valence electrons. The first kappa shape index (κ1) is 29.6. The van der Waals surface area contributed by atoms with Gasteiger partial charge in [0.2, 0.25) is 5.91 Å². The highest BCUT2D eigenvalue weighted by Crippen LogP contribution is 2.35. The first-order chi connectivity index (χ1) is 18.0. The van der Waals surface area contributed by atoms with Crippen molar-refractivity contribution >= 4 is 35.4 Å². The standard InChI is InChI=1S/C30H41N3O4S/c1-20-14-16-22(17-15-20)26(27(34)31-24-13-8-7-10-21(24)2)33(23-11-9-12-23)28(35)25(18-19-38-6)32-29(36)37-30(3,4)5/h7-8,10,13-17,23,25-26H,9,11-12,18-19H2,1-6H3,(H,31,34)(H,32,36). The summed E-state index contributed by atoms with van der Waals surface area (Å²) in [7, 11) is 0. The summed E-state index contributed by atoms with van der Waals surface area (Å²) >= 11 is 1.60. The zero-order valence-corrected chi connectivity index (χ0v) is 24.2. The Morgan fingerprint density at radius 1 is 1.05 bits per heavy atom. The number of nitrogens with zero attached hydrogens (tertiary/aromatic N) is 1. The molecule has 2 atom stereocenters. The fourth-order valence-electron chi connectivity index (χ4n) is 4.41. The second-order valence-corrected chi connectivity index (χ2v) is 11.9. The van der Waals surface area contributed by atoms with Crippen LogP contribution in [0.3, 0.4) is 0 Å². The van der Waals surface area contributed by atoms with E-state index in [1.54, 1.807) is 37.4 Å². The Balaban J connectivity index is 2.00. The normalized spacial score (nSPS) is 15.1. The molecule has 7 nitrogen and oxygen atoms in total. The van der Waals surface area contributed by atoms with Gasteiger partial charge in [-0.05, 0) is 89.5 Å². The number of alkyl carbamates (subject to hydrolysis) is 1. The topological polar surface area (TPSA) is 87.7 Å². The molecule has 0 radical (unpaired) electrons. The molecule has 3 amide bonds. The van der Waals surface area contributed by atoms with Crippen molar-refractivity contribution in [1.82, 2.24) is 10.2 Å². The Labute approximate surface area is 231 Å². The van der Waals surface area contributed by atoms with E-state index in [2.05, 4.69) is 10.6 Å². The van der Waals surface area contributed by atoms with Crippen LogP contribution in [0.4, 0.5) is 10.5 Å². The molecule has 1 aliphatic rings. The summed E-state index contributed by atoms with van der Waals surface area (Å²) in [5.74, 6) is 0.138. The molecule has 38 heavy (non-hydrogen) atoms. The molecular weight excluding hydrogens is 498 g/mol. The third-order valence-electron chi connectivity index (χ3n) is 6.64. The first-order valence-corrected chi connectivity index (χ1v) is 14.6. The van der Waals surface area contributed by atoms with Gasteiger partial charge in [-0.3, -0.25) is 9.59 Å². The van der Waals surface area contributed by atoms with Crippen molar-refractivity contribution in [3.05, 3.63) is 65.2 Å². The molecule has 1 fully saturated rings. The zero-order valence-electron chi connectivity index (χ0n) is 23.4. The number of nitrogens with one attached hydrogen (secondary N) is 2. The summed E-state index contributed by atoms with van der Waals surface area (Å²) in [5, 5.41) is 5.87. The molecule has 2 unspecified atom stereocenters. The van der Waals surface area contributed by atoms with Gasteiger partial charge >= 0.3 is 6.09 Å². The molecule has 8 heteroatoms. The van der Waals surface area contributed by atoms with Gasteiger partial charge in [-0.15, -0.1) is 0 Å². The van der Waals surface area contributed by atoms with Crippen LogP contribution < -0.4 is 10.6 Å². The zero-order chi connectivity index (χ0) is 27.9. The molecular formula is C30H41N3O4S. The highest BCUT2D eigenvalue weighted by atomic mass is 32.2. The Hall–Kier alpha value is -3.00. The van der Waals surface area contributed by atoms with Crippen molar-refractivity contribution in [2.75, 3.05) is 17.3 Å². The SMILES string of the molecule is CSCCC(NC(=O)OC(C)(C)C)C(=O)N(C1CCC1)C(C(=O)Nc1ccccc1C)c1ccc(C)cc1. The van der Waals surface area contributed by atoms with E-state index >= 15 is 0 Å². The number of thioether (sulfide) groups is 1. The van der Waals surface area contributed by atoms with E-state index in [1.165, 1.54) is 0 Å². The number of amides is 3. The molecule has 3 rings (SSSR count). The lowest BCUT2D eigenvalue weighted by molar-refractivity contribution is -0.145. The van der Waals surface area contributed by atoms with Crippen molar-refractivity contribution in [2.45, 2.75) is 84.0 Å². The van der Waals surface area contributed by atoms with Gasteiger partial charge in [-0.2, -0.15) is 11.8 Å². The lowest BCUT2D eigenvalue weighted by atomic mass is 9.87. The van der Waals surface area contributed by atoms with Crippen molar-refractivity contribution < 1.29 is 19.1 Å². The number of para-hydroxylation sites is 1. The molecule has 2 aromatic carbocycles. The Morgan fingerprint density at radius 2 is 1.71 bits per heavy atom. The van der Waals surface area contributed by atoms with Crippen LogP contribution in [0.5, 0.6) is 0 Å². The monoisotopic (exact) mass is 539 g/mol. The summed E-state index contributed by atoms with van der Waals surface area (Å²) in [5.41, 5.74) is 2.76. The van der Waals surface area contributed by atoms with Gasteiger partial charge in [0, 0.05) is 11.7 Å². The maximum atomic E-state index is 14.3. The van der Waals surface area contributed by atoms with Crippen LogP contribution in [0, 0.1) is 13.8 Å². The van der Waals surface area contributed by atoms with Crippen LogP contribution >= 0.6 is 11.8 Å². The predicted octanol–water partition coefficient (Wildman–Crippen LogP) is 6.01. The number of benzene rings is 2. The summed E-state index contributed by atoms with van der Waals surface area (Å²) in [6.45, 7) is 9.29. The average molecular weight is 540 g/mol. The van der Waals surface area contributed by atoms with Crippen molar-refractivity contribution in [2.24, 2.45) is 0 Å². The molecule has 0 spiro atoms. The predicted molar refractivity (Wildman–Crippen MR) is 154 cm³/mol. The molecule has 1 aliphatic carbocycles. The van der Waals surface area contributed by atoms with Gasteiger partial charge in [0.15, 0.2) is 0 Å². The minimum Gasteiger partial charge on any atom is -0.444 e. The first-order valence-electron chi connectivity index (χ1n) is 13.2. The van der Waals surface area contributed by atoms with Crippen molar-refractivity contribution in [1.29, 1.82) is 0 Å². The Kier molecular flexibility index (Phi) is 10.3. The highest BCUT2D eigenvalue weighted by Gasteiger charge is 2.42. The van der Waals surface area contributed by atoms with Crippen LogP contribution in [0.25, 0.3) is 0 Å². The summed E-state index contributed by atoms with van der Waals surface area (Å²) in [6, 6.07) is 13.6. The third-order valence-corrected chi connectivity index (χ3v) is 7.29. The Bertz CT molecular complexity index is 1110. The molecule has 2 aromatic rings. The molecule has 0 saturated heterocycles. The van der Waals surface area contributed by atoms with E-state index in [1.807, 2.05) is 68.6 Å². The number of aryl methyl sites for hydroxylation is 2.